The predicted molar refractivity (Wildman–Crippen MR) is 134 cm³/mol. The zero-order valence-electron chi connectivity index (χ0n) is 21.2. The molecule has 2 rings (SSSR count). The van der Waals surface area contributed by atoms with E-state index in [-0.39, 0.29) is 25.5 Å². The molecule has 190 valence electrons. The number of esters is 1. The van der Waals surface area contributed by atoms with Crippen LogP contribution in [0.5, 0.6) is 0 Å². The Labute approximate surface area is 207 Å². The number of amides is 1. The summed E-state index contributed by atoms with van der Waals surface area (Å²) in [5.41, 5.74) is 1.71. The maximum absolute atomic E-state index is 13.1. The Morgan fingerprint density at radius 2 is 1.51 bits per heavy atom. The molecule has 2 aromatic rings. The number of aliphatic carboxylic acids is 1. The van der Waals surface area contributed by atoms with Gasteiger partial charge in [0, 0.05) is 6.54 Å². The summed E-state index contributed by atoms with van der Waals surface area (Å²) in [5, 5.41) is 12.7. The number of carboxylic acids is 1. The summed E-state index contributed by atoms with van der Waals surface area (Å²) in [4.78, 5) is 37.5. The van der Waals surface area contributed by atoms with Gasteiger partial charge in [0.25, 0.3) is 0 Å². The third kappa shape index (κ3) is 9.81. The summed E-state index contributed by atoms with van der Waals surface area (Å²) in [5.74, 6) is -3.20. The molecule has 35 heavy (non-hydrogen) atoms. The zero-order valence-corrected chi connectivity index (χ0v) is 21.2. The van der Waals surface area contributed by atoms with Gasteiger partial charge in [-0.2, -0.15) is 0 Å². The molecule has 0 aromatic heterocycles. The van der Waals surface area contributed by atoms with Gasteiger partial charge in [-0.3, -0.25) is 9.59 Å². The number of benzene rings is 2. The van der Waals surface area contributed by atoms with Crippen LogP contribution in [0.25, 0.3) is 0 Å². The van der Waals surface area contributed by atoms with E-state index in [0.717, 1.165) is 16.7 Å². The fraction of sp³-hybridized carbons (Fsp3) is 0.464. The van der Waals surface area contributed by atoms with E-state index < -0.39 is 35.5 Å². The first kappa shape index (κ1) is 27.9. The van der Waals surface area contributed by atoms with Crippen molar-refractivity contribution in [3.8, 4) is 0 Å². The summed E-state index contributed by atoms with van der Waals surface area (Å²) in [6.07, 6.45) is -0.0170. The highest BCUT2D eigenvalue weighted by Crippen LogP contribution is 2.29. The molecule has 0 radical (unpaired) electrons. The van der Waals surface area contributed by atoms with Crippen LogP contribution in [-0.4, -0.2) is 28.7 Å². The summed E-state index contributed by atoms with van der Waals surface area (Å²) < 4.78 is 10.9. The van der Waals surface area contributed by atoms with Crippen LogP contribution in [-0.2, 0) is 38.6 Å². The Kier molecular flexibility index (Phi) is 10.3. The number of nitrogens with one attached hydrogen (secondary N) is 1. The van der Waals surface area contributed by atoms with Gasteiger partial charge in [0.05, 0.1) is 11.8 Å². The first-order valence-electron chi connectivity index (χ1n) is 11.9. The fourth-order valence-electron chi connectivity index (χ4n) is 3.82. The van der Waals surface area contributed by atoms with Gasteiger partial charge in [0.2, 0.25) is 0 Å². The smallest absolute Gasteiger partial charge is 0.407 e. The minimum absolute atomic E-state index is 0.0948. The van der Waals surface area contributed by atoms with Gasteiger partial charge in [-0.1, -0.05) is 68.4 Å². The van der Waals surface area contributed by atoms with Crippen molar-refractivity contribution in [1.29, 1.82) is 0 Å². The van der Waals surface area contributed by atoms with E-state index in [0.29, 0.717) is 6.42 Å². The second-order valence-electron chi connectivity index (χ2n) is 10.1. The van der Waals surface area contributed by atoms with Crippen molar-refractivity contribution in [2.24, 2.45) is 17.8 Å². The van der Waals surface area contributed by atoms with Gasteiger partial charge in [-0.05, 0) is 56.2 Å². The number of carboxylic acid groups (broad SMARTS) is 1. The lowest BCUT2D eigenvalue weighted by atomic mass is 9.81. The molecule has 0 aliphatic carbocycles. The van der Waals surface area contributed by atoms with Gasteiger partial charge >= 0.3 is 18.0 Å². The summed E-state index contributed by atoms with van der Waals surface area (Å²) in [7, 11) is 0. The molecule has 7 nitrogen and oxygen atoms in total. The Hall–Kier alpha value is -3.35. The fourth-order valence-corrected chi connectivity index (χ4v) is 3.82. The van der Waals surface area contributed by atoms with E-state index in [9.17, 15) is 19.5 Å². The number of carbonyl (C=O) groups excluding carboxylic acids is 2. The van der Waals surface area contributed by atoms with Gasteiger partial charge in [0.15, 0.2) is 0 Å². The molecule has 2 atom stereocenters. The van der Waals surface area contributed by atoms with Crippen molar-refractivity contribution >= 4 is 18.0 Å². The average Bonchev–Trinajstić information content (AvgIpc) is 2.78. The Balaban J connectivity index is 2.16. The largest absolute Gasteiger partial charge is 0.481 e. The molecule has 1 amide bonds. The van der Waals surface area contributed by atoms with Crippen LogP contribution in [0.3, 0.4) is 0 Å². The van der Waals surface area contributed by atoms with Crippen LogP contribution in [0.1, 0.15) is 57.7 Å². The Morgan fingerprint density at radius 1 is 0.914 bits per heavy atom. The second kappa shape index (κ2) is 12.9. The standard InChI is InChI=1S/C28H37NO6/c1-19(2)15-23(25(30)31)24(26(32)35-28(3,4)5)16-21-13-9-10-14-22(21)17-29-27(33)34-18-20-11-7-6-8-12-20/h6-14,19,23-24H,15-18H2,1-5H3,(H,29,33)(H,30,31). The molecule has 7 heteroatoms. The van der Waals surface area contributed by atoms with Crippen LogP contribution in [0.4, 0.5) is 4.79 Å². The maximum atomic E-state index is 13.1. The lowest BCUT2D eigenvalue weighted by Crippen LogP contribution is -2.37. The van der Waals surface area contributed by atoms with Crippen LogP contribution >= 0.6 is 0 Å². The monoisotopic (exact) mass is 483 g/mol. The Bertz CT molecular complexity index is 980. The number of hydrogen-bond donors (Lipinski definition) is 2. The van der Waals surface area contributed by atoms with Crippen molar-refractivity contribution in [3.63, 3.8) is 0 Å². The molecule has 2 N–H and O–H groups in total. The van der Waals surface area contributed by atoms with E-state index >= 15 is 0 Å². The van der Waals surface area contributed by atoms with E-state index in [1.54, 1.807) is 20.8 Å². The Morgan fingerprint density at radius 3 is 2.09 bits per heavy atom. The van der Waals surface area contributed by atoms with Crippen molar-refractivity contribution in [2.75, 3.05) is 0 Å². The molecule has 0 aliphatic heterocycles. The molecule has 2 unspecified atom stereocenters. The highest BCUT2D eigenvalue weighted by molar-refractivity contribution is 5.81. The average molecular weight is 484 g/mol. The third-order valence-electron chi connectivity index (χ3n) is 5.43. The van der Waals surface area contributed by atoms with Crippen molar-refractivity contribution < 1.29 is 29.0 Å². The van der Waals surface area contributed by atoms with E-state index in [4.69, 9.17) is 9.47 Å². The van der Waals surface area contributed by atoms with Crippen molar-refractivity contribution in [3.05, 3.63) is 71.3 Å². The minimum Gasteiger partial charge on any atom is -0.481 e. The summed E-state index contributed by atoms with van der Waals surface area (Å²) >= 11 is 0. The van der Waals surface area contributed by atoms with Gasteiger partial charge in [-0.15, -0.1) is 0 Å². The number of hydrogen-bond acceptors (Lipinski definition) is 5. The number of alkyl carbamates (subject to hydrolysis) is 1. The summed E-state index contributed by atoms with van der Waals surface area (Å²) in [6, 6.07) is 16.7. The highest BCUT2D eigenvalue weighted by Gasteiger charge is 2.37. The zero-order chi connectivity index (χ0) is 26.0. The third-order valence-corrected chi connectivity index (χ3v) is 5.43. The molecular formula is C28H37NO6. The molecule has 0 spiro atoms. The highest BCUT2D eigenvalue weighted by atomic mass is 16.6. The molecule has 2 aromatic carbocycles. The number of ether oxygens (including phenoxy) is 2. The summed E-state index contributed by atoms with van der Waals surface area (Å²) in [6.45, 7) is 9.50. The van der Waals surface area contributed by atoms with Crippen LogP contribution in [0.2, 0.25) is 0 Å². The maximum Gasteiger partial charge on any atom is 0.407 e. The minimum atomic E-state index is -1.02. The molecule has 0 heterocycles. The van der Waals surface area contributed by atoms with Crippen LogP contribution in [0.15, 0.2) is 54.6 Å². The molecule has 0 saturated heterocycles. The first-order valence-corrected chi connectivity index (χ1v) is 11.9. The lowest BCUT2D eigenvalue weighted by Gasteiger charge is -2.28. The molecule has 0 saturated carbocycles. The van der Waals surface area contributed by atoms with Crippen LogP contribution in [0, 0.1) is 17.8 Å². The van der Waals surface area contributed by atoms with Gasteiger partial charge < -0.3 is 19.9 Å². The SMILES string of the molecule is CC(C)CC(C(=O)O)C(Cc1ccccc1CNC(=O)OCc1ccccc1)C(=O)OC(C)(C)C. The quantitative estimate of drug-likeness (QED) is 0.417. The molecule has 0 bridgehead atoms. The van der Waals surface area contributed by atoms with Gasteiger partial charge in [-0.25, -0.2) is 4.79 Å². The molecule has 0 fully saturated rings. The second-order valence-corrected chi connectivity index (χ2v) is 10.1. The number of rotatable bonds is 11. The number of carbonyl (C=O) groups is 3. The normalized spacial score (nSPS) is 13.1. The van der Waals surface area contributed by atoms with Gasteiger partial charge in [0.1, 0.15) is 12.2 Å². The predicted octanol–water partition coefficient (Wildman–Crippen LogP) is 5.36. The van der Waals surface area contributed by atoms with Crippen molar-refractivity contribution in [1.82, 2.24) is 5.32 Å². The topological polar surface area (TPSA) is 102 Å². The van der Waals surface area contributed by atoms with Crippen molar-refractivity contribution in [2.45, 2.75) is 66.2 Å². The van der Waals surface area contributed by atoms with Crippen LogP contribution < -0.4 is 5.32 Å². The van der Waals surface area contributed by atoms with E-state index in [1.165, 1.54) is 0 Å². The van der Waals surface area contributed by atoms with E-state index in [1.807, 2.05) is 68.4 Å². The molecular weight excluding hydrogens is 446 g/mol. The van der Waals surface area contributed by atoms with E-state index in [2.05, 4.69) is 5.32 Å². The first-order chi connectivity index (χ1) is 16.5. The molecule has 0 aliphatic rings. The lowest BCUT2D eigenvalue weighted by molar-refractivity contribution is -0.167.